The van der Waals surface area contributed by atoms with Crippen LogP contribution in [0.5, 0.6) is 0 Å². The van der Waals surface area contributed by atoms with Crippen molar-refractivity contribution in [3.8, 4) is 0 Å². The maximum atomic E-state index is 12.8. The fourth-order valence-electron chi connectivity index (χ4n) is 3.16. The van der Waals surface area contributed by atoms with E-state index < -0.39 is 5.97 Å². The molecule has 0 spiro atoms. The van der Waals surface area contributed by atoms with Gasteiger partial charge in [-0.15, -0.1) is 0 Å². The van der Waals surface area contributed by atoms with Gasteiger partial charge in [0, 0.05) is 22.7 Å². The largest absolute Gasteiger partial charge is 0.548 e. The highest BCUT2D eigenvalue weighted by atomic mass is 32.1. The Labute approximate surface area is 160 Å². The molecule has 0 bridgehead atoms. The van der Waals surface area contributed by atoms with Gasteiger partial charge in [0.05, 0.1) is 18.2 Å². The van der Waals surface area contributed by atoms with Gasteiger partial charge in [-0.3, -0.25) is 9.69 Å². The van der Waals surface area contributed by atoms with Crippen molar-refractivity contribution >= 4 is 51.9 Å². The van der Waals surface area contributed by atoms with Gasteiger partial charge < -0.3 is 19.8 Å². The van der Waals surface area contributed by atoms with Crippen LogP contribution in [0.1, 0.15) is 5.56 Å². The highest BCUT2D eigenvalue weighted by molar-refractivity contribution is 7.80. The number of nitrogens with zero attached hydrogens (tertiary/aromatic N) is 2. The monoisotopic (exact) mass is 376 g/mol. The molecule has 6 nitrogen and oxygen atoms in total. The standard InChI is InChI=1S/C20H15N3O3S/c24-18(25)12-22-11-13(15-8-4-5-9-17(15)22)10-16-19(26)23(20(27)21-16)14-6-2-1-3-7-14/h1-11H,12H2,(H,21,27)(H,24,25)/p-1/b16-10-. The molecular formula is C20H14N3O3S-. The quantitative estimate of drug-likeness (QED) is 0.553. The summed E-state index contributed by atoms with van der Waals surface area (Å²) in [6, 6.07) is 16.5. The van der Waals surface area contributed by atoms with Crippen LogP contribution in [0.15, 0.2) is 66.5 Å². The Hall–Kier alpha value is -3.45. The third kappa shape index (κ3) is 3.09. The van der Waals surface area contributed by atoms with Crippen molar-refractivity contribution in [2.45, 2.75) is 6.54 Å². The predicted molar refractivity (Wildman–Crippen MR) is 105 cm³/mol. The molecule has 3 aromatic rings. The Balaban J connectivity index is 1.75. The lowest BCUT2D eigenvalue weighted by molar-refractivity contribution is -0.306. The van der Waals surface area contributed by atoms with Crippen molar-refractivity contribution in [1.29, 1.82) is 0 Å². The van der Waals surface area contributed by atoms with E-state index in [1.54, 1.807) is 29.0 Å². The summed E-state index contributed by atoms with van der Waals surface area (Å²) < 4.78 is 1.59. The summed E-state index contributed by atoms with van der Waals surface area (Å²) in [7, 11) is 0. The van der Waals surface area contributed by atoms with Crippen LogP contribution in [-0.2, 0) is 16.1 Å². The minimum atomic E-state index is -1.18. The number of carboxylic acid groups (broad SMARTS) is 1. The molecule has 134 valence electrons. The first-order valence-corrected chi connectivity index (χ1v) is 8.65. The lowest BCUT2D eigenvalue weighted by Gasteiger charge is -2.13. The van der Waals surface area contributed by atoms with Gasteiger partial charge in [0.1, 0.15) is 5.70 Å². The van der Waals surface area contributed by atoms with Crippen molar-refractivity contribution in [3.05, 3.63) is 72.1 Å². The number of fused-ring (bicyclic) bond motifs is 1. The molecule has 0 atom stereocenters. The van der Waals surface area contributed by atoms with Crippen molar-refractivity contribution in [3.63, 3.8) is 0 Å². The average Bonchev–Trinajstić information content (AvgIpc) is 3.13. The van der Waals surface area contributed by atoms with Crippen LogP contribution in [-0.4, -0.2) is 21.6 Å². The van der Waals surface area contributed by atoms with Gasteiger partial charge in [-0.2, -0.15) is 0 Å². The zero-order valence-corrected chi connectivity index (χ0v) is 14.9. The van der Waals surface area contributed by atoms with Crippen LogP contribution in [0.3, 0.4) is 0 Å². The normalized spacial score (nSPS) is 15.6. The number of nitrogens with one attached hydrogen (secondary N) is 1. The Morgan fingerprint density at radius 1 is 1.11 bits per heavy atom. The number of benzene rings is 2. The van der Waals surface area contributed by atoms with Crippen LogP contribution >= 0.6 is 12.2 Å². The van der Waals surface area contributed by atoms with Crippen LogP contribution in [0.2, 0.25) is 0 Å². The number of carboxylic acids is 1. The molecule has 1 aliphatic heterocycles. The number of aliphatic carboxylic acids is 1. The first kappa shape index (κ1) is 17.0. The van der Waals surface area contributed by atoms with Crippen LogP contribution < -0.4 is 15.3 Å². The van der Waals surface area contributed by atoms with E-state index in [1.807, 2.05) is 42.5 Å². The van der Waals surface area contributed by atoms with Crippen molar-refractivity contribution in [2.75, 3.05) is 4.90 Å². The van der Waals surface area contributed by atoms with Gasteiger partial charge in [0.2, 0.25) is 0 Å². The fraction of sp³-hybridized carbons (Fsp3) is 0.0500. The molecule has 1 fully saturated rings. The maximum Gasteiger partial charge on any atom is 0.281 e. The Bertz CT molecular complexity index is 1100. The Morgan fingerprint density at radius 2 is 1.81 bits per heavy atom. The highest BCUT2D eigenvalue weighted by Crippen LogP contribution is 2.26. The van der Waals surface area contributed by atoms with Gasteiger partial charge in [-0.1, -0.05) is 36.4 Å². The second kappa shape index (κ2) is 6.69. The number of carbonyl (C=O) groups is 2. The molecule has 1 aromatic heterocycles. The SMILES string of the molecule is O=C([O-])Cn1cc(/C=C2\NC(=S)N(c3ccccc3)C2=O)c2ccccc21. The molecule has 0 saturated carbocycles. The smallest absolute Gasteiger partial charge is 0.281 e. The second-order valence-corrected chi connectivity index (χ2v) is 6.45. The lowest BCUT2D eigenvalue weighted by Crippen LogP contribution is -2.30. The summed E-state index contributed by atoms with van der Waals surface area (Å²) in [5.74, 6) is -1.44. The molecule has 1 N–H and O–H groups in total. The van der Waals surface area contributed by atoms with Crippen molar-refractivity contribution in [1.82, 2.24) is 9.88 Å². The number of para-hydroxylation sites is 2. The Morgan fingerprint density at radius 3 is 2.56 bits per heavy atom. The molecule has 4 rings (SSSR count). The van der Waals surface area contributed by atoms with Crippen LogP contribution in [0.4, 0.5) is 5.69 Å². The minimum absolute atomic E-state index is 0.261. The van der Waals surface area contributed by atoms with E-state index in [2.05, 4.69) is 5.32 Å². The van der Waals surface area contributed by atoms with Crippen LogP contribution in [0.25, 0.3) is 17.0 Å². The number of thiocarbonyl (C=S) groups is 1. The topological polar surface area (TPSA) is 77.4 Å². The van der Waals surface area contributed by atoms with Gasteiger partial charge in [0.25, 0.3) is 5.91 Å². The molecule has 1 aliphatic rings. The summed E-state index contributed by atoms with van der Waals surface area (Å²) >= 11 is 5.31. The Kier molecular flexibility index (Phi) is 4.21. The molecule has 1 saturated heterocycles. The number of amides is 1. The van der Waals surface area contributed by atoms with Crippen LogP contribution in [0, 0.1) is 0 Å². The fourth-order valence-corrected chi connectivity index (χ4v) is 3.46. The number of anilines is 1. The maximum absolute atomic E-state index is 12.8. The second-order valence-electron chi connectivity index (χ2n) is 6.07. The molecule has 0 radical (unpaired) electrons. The number of carbonyl (C=O) groups excluding carboxylic acids is 2. The van der Waals surface area contributed by atoms with Gasteiger partial charge in [0.15, 0.2) is 5.11 Å². The summed E-state index contributed by atoms with van der Waals surface area (Å²) in [4.78, 5) is 25.3. The number of hydrogen-bond donors (Lipinski definition) is 1. The minimum Gasteiger partial charge on any atom is -0.548 e. The van der Waals surface area contributed by atoms with Crippen molar-refractivity contribution in [2.24, 2.45) is 0 Å². The first-order chi connectivity index (χ1) is 13.0. The van der Waals surface area contributed by atoms with Gasteiger partial charge in [-0.05, 0) is 36.5 Å². The number of aromatic nitrogens is 1. The van der Waals surface area contributed by atoms with E-state index >= 15 is 0 Å². The van der Waals surface area contributed by atoms with E-state index in [0.29, 0.717) is 16.5 Å². The summed E-state index contributed by atoms with van der Waals surface area (Å²) in [5, 5.41) is 15.1. The molecular weight excluding hydrogens is 362 g/mol. The first-order valence-electron chi connectivity index (χ1n) is 8.24. The lowest BCUT2D eigenvalue weighted by atomic mass is 10.1. The number of rotatable bonds is 4. The molecule has 0 aliphatic carbocycles. The third-order valence-electron chi connectivity index (χ3n) is 4.31. The van der Waals surface area contributed by atoms with E-state index in [9.17, 15) is 14.7 Å². The molecule has 1 amide bonds. The van der Waals surface area contributed by atoms with E-state index in [-0.39, 0.29) is 12.5 Å². The van der Waals surface area contributed by atoms with Crippen molar-refractivity contribution < 1.29 is 14.7 Å². The highest BCUT2D eigenvalue weighted by Gasteiger charge is 2.32. The average molecular weight is 376 g/mol. The summed E-state index contributed by atoms with van der Waals surface area (Å²) in [6.07, 6.45) is 3.38. The molecule has 27 heavy (non-hydrogen) atoms. The van der Waals surface area contributed by atoms with Gasteiger partial charge >= 0.3 is 0 Å². The van der Waals surface area contributed by atoms with Gasteiger partial charge in [-0.25, -0.2) is 0 Å². The van der Waals surface area contributed by atoms with E-state index in [4.69, 9.17) is 12.2 Å². The third-order valence-corrected chi connectivity index (χ3v) is 4.60. The van der Waals surface area contributed by atoms with E-state index in [0.717, 1.165) is 16.5 Å². The zero-order chi connectivity index (χ0) is 19.0. The molecule has 7 heteroatoms. The molecule has 0 unspecified atom stereocenters. The summed E-state index contributed by atoms with van der Waals surface area (Å²) in [5.41, 5.74) is 2.49. The predicted octanol–water partition coefficient (Wildman–Crippen LogP) is 1.65. The molecule has 2 aromatic carbocycles. The number of hydrogen-bond acceptors (Lipinski definition) is 4. The van der Waals surface area contributed by atoms with E-state index in [1.165, 1.54) is 4.90 Å². The zero-order valence-electron chi connectivity index (χ0n) is 14.1. The molecule has 2 heterocycles. The summed E-state index contributed by atoms with van der Waals surface area (Å²) in [6.45, 7) is -0.264.